The fourth-order valence-electron chi connectivity index (χ4n) is 3.82. The number of rotatable bonds is 2. The molecule has 3 atom stereocenters. The Balaban J connectivity index is 1.97. The summed E-state index contributed by atoms with van der Waals surface area (Å²) in [6.45, 7) is 4.42. The number of likely N-dealkylation sites (N-methyl/N-ethyl adjacent to an activating group) is 1. The van der Waals surface area contributed by atoms with E-state index in [1.807, 2.05) is 0 Å². The zero-order chi connectivity index (χ0) is 14.4. The molecule has 20 heavy (non-hydrogen) atoms. The number of hydrazone groups is 1. The van der Waals surface area contributed by atoms with Gasteiger partial charge in [0, 0.05) is 24.7 Å². The monoisotopic (exact) mass is 271 g/mol. The van der Waals surface area contributed by atoms with Crippen LogP contribution in [0.1, 0.15) is 48.9 Å². The molecule has 3 heteroatoms. The van der Waals surface area contributed by atoms with Crippen molar-refractivity contribution >= 4 is 5.71 Å². The van der Waals surface area contributed by atoms with E-state index in [0.29, 0.717) is 18.0 Å². The van der Waals surface area contributed by atoms with Crippen LogP contribution in [0.25, 0.3) is 0 Å². The smallest absolute Gasteiger partial charge is 0.0560 e. The van der Waals surface area contributed by atoms with Crippen LogP contribution >= 0.6 is 0 Å². The van der Waals surface area contributed by atoms with Crippen LogP contribution in [0.4, 0.5) is 0 Å². The van der Waals surface area contributed by atoms with Crippen molar-refractivity contribution in [2.24, 2.45) is 5.10 Å². The maximum Gasteiger partial charge on any atom is 0.0560 e. The molecule has 1 aliphatic heterocycles. The molecule has 108 valence electrons. The summed E-state index contributed by atoms with van der Waals surface area (Å²) in [5.74, 6) is 0.439. The van der Waals surface area contributed by atoms with Gasteiger partial charge in [-0.25, -0.2) is 0 Å². The van der Waals surface area contributed by atoms with E-state index >= 15 is 0 Å². The molecule has 0 radical (unpaired) electrons. The molecule has 0 amide bonds. The second kappa shape index (κ2) is 4.88. The van der Waals surface area contributed by atoms with Crippen LogP contribution in [0.2, 0.25) is 0 Å². The molecule has 1 aromatic rings. The molecule has 0 fully saturated rings. The molecule has 1 aliphatic carbocycles. The average molecular weight is 271 g/mol. The van der Waals surface area contributed by atoms with Crippen molar-refractivity contribution in [1.82, 2.24) is 9.91 Å². The van der Waals surface area contributed by atoms with Crippen molar-refractivity contribution in [3.05, 3.63) is 34.9 Å². The third-order valence-electron chi connectivity index (χ3n) is 5.04. The fourth-order valence-corrected chi connectivity index (χ4v) is 3.82. The summed E-state index contributed by atoms with van der Waals surface area (Å²) < 4.78 is 0. The molecule has 0 spiro atoms. The van der Waals surface area contributed by atoms with Gasteiger partial charge in [-0.05, 0) is 57.5 Å². The minimum atomic E-state index is 0.439. The highest BCUT2D eigenvalue weighted by molar-refractivity contribution is 5.90. The van der Waals surface area contributed by atoms with Gasteiger partial charge < -0.3 is 4.90 Å². The molecule has 0 aromatic heterocycles. The summed E-state index contributed by atoms with van der Waals surface area (Å²) >= 11 is 0. The Morgan fingerprint density at radius 1 is 1.30 bits per heavy atom. The van der Waals surface area contributed by atoms with E-state index in [2.05, 4.69) is 68.2 Å². The Morgan fingerprint density at radius 3 is 2.65 bits per heavy atom. The SMILES string of the molecule is CC1=NN(C)C(C)C1c1ccc2c(c1)[C@H](N(C)C)CC2. The highest BCUT2D eigenvalue weighted by Crippen LogP contribution is 2.38. The number of aryl methyl sites for hydroxylation is 1. The Kier molecular flexibility index (Phi) is 3.33. The minimum absolute atomic E-state index is 0.439. The number of benzene rings is 1. The van der Waals surface area contributed by atoms with E-state index in [9.17, 15) is 0 Å². The third-order valence-corrected chi connectivity index (χ3v) is 5.04. The first-order chi connectivity index (χ1) is 9.49. The second-order valence-corrected chi connectivity index (χ2v) is 6.51. The fraction of sp³-hybridized carbons (Fsp3) is 0.588. The molecule has 0 saturated heterocycles. The van der Waals surface area contributed by atoms with Crippen molar-refractivity contribution in [2.75, 3.05) is 21.1 Å². The molecule has 0 bridgehead atoms. The molecule has 0 N–H and O–H groups in total. The van der Waals surface area contributed by atoms with Gasteiger partial charge in [0.25, 0.3) is 0 Å². The predicted octanol–water partition coefficient (Wildman–Crippen LogP) is 3.03. The van der Waals surface area contributed by atoms with Gasteiger partial charge >= 0.3 is 0 Å². The lowest BCUT2D eigenvalue weighted by atomic mass is 9.87. The Morgan fingerprint density at radius 2 is 2.05 bits per heavy atom. The quantitative estimate of drug-likeness (QED) is 0.823. The first-order valence-electron chi connectivity index (χ1n) is 7.56. The first kappa shape index (κ1) is 13.6. The number of hydrogen-bond donors (Lipinski definition) is 0. The Bertz CT molecular complexity index is 547. The van der Waals surface area contributed by atoms with Gasteiger partial charge in [-0.3, -0.25) is 5.01 Å². The highest BCUT2D eigenvalue weighted by Gasteiger charge is 2.32. The predicted molar refractivity (Wildman–Crippen MR) is 84.3 cm³/mol. The van der Waals surface area contributed by atoms with Crippen molar-refractivity contribution in [3.63, 3.8) is 0 Å². The van der Waals surface area contributed by atoms with Crippen LogP contribution < -0.4 is 0 Å². The largest absolute Gasteiger partial charge is 0.302 e. The van der Waals surface area contributed by atoms with Crippen LogP contribution in [-0.4, -0.2) is 42.8 Å². The zero-order valence-electron chi connectivity index (χ0n) is 13.2. The van der Waals surface area contributed by atoms with Crippen molar-refractivity contribution in [3.8, 4) is 0 Å². The summed E-state index contributed by atoms with van der Waals surface area (Å²) in [6, 6.07) is 8.12. The van der Waals surface area contributed by atoms with Gasteiger partial charge in [-0.2, -0.15) is 5.10 Å². The van der Waals surface area contributed by atoms with Crippen molar-refractivity contribution in [1.29, 1.82) is 0 Å². The maximum absolute atomic E-state index is 4.61. The molecule has 3 nitrogen and oxygen atoms in total. The van der Waals surface area contributed by atoms with E-state index in [-0.39, 0.29) is 0 Å². The second-order valence-electron chi connectivity index (χ2n) is 6.51. The molecular formula is C17H25N3. The Labute approximate surface area is 122 Å². The summed E-state index contributed by atoms with van der Waals surface area (Å²) in [6.07, 6.45) is 2.46. The van der Waals surface area contributed by atoms with Crippen LogP contribution in [0, 0.1) is 0 Å². The summed E-state index contributed by atoms with van der Waals surface area (Å²) in [4.78, 5) is 2.35. The molecule has 1 aromatic carbocycles. The van der Waals surface area contributed by atoms with Gasteiger partial charge in [-0.1, -0.05) is 18.2 Å². The normalized spacial score (nSPS) is 29.0. The van der Waals surface area contributed by atoms with Gasteiger partial charge in [0.05, 0.1) is 6.04 Å². The lowest BCUT2D eigenvalue weighted by Crippen LogP contribution is -2.26. The molecule has 3 rings (SSSR count). The number of fused-ring (bicyclic) bond motifs is 1. The van der Waals surface area contributed by atoms with Gasteiger partial charge in [0.15, 0.2) is 0 Å². The number of hydrogen-bond acceptors (Lipinski definition) is 3. The summed E-state index contributed by atoms with van der Waals surface area (Å²) in [5, 5.41) is 6.71. The van der Waals surface area contributed by atoms with Gasteiger partial charge in [0.2, 0.25) is 0 Å². The molecular weight excluding hydrogens is 246 g/mol. The molecule has 2 unspecified atom stereocenters. The molecule has 2 aliphatic rings. The first-order valence-corrected chi connectivity index (χ1v) is 7.56. The summed E-state index contributed by atoms with van der Waals surface area (Å²) in [5.41, 5.74) is 5.72. The lowest BCUT2D eigenvalue weighted by Gasteiger charge is -2.24. The van der Waals surface area contributed by atoms with Crippen LogP contribution in [0.5, 0.6) is 0 Å². The maximum atomic E-state index is 4.61. The minimum Gasteiger partial charge on any atom is -0.302 e. The Hall–Kier alpha value is -1.35. The summed E-state index contributed by atoms with van der Waals surface area (Å²) in [7, 11) is 6.44. The van der Waals surface area contributed by atoms with Gasteiger partial charge in [0.1, 0.15) is 0 Å². The average Bonchev–Trinajstić information content (AvgIpc) is 2.91. The van der Waals surface area contributed by atoms with Crippen LogP contribution in [0.3, 0.4) is 0 Å². The van der Waals surface area contributed by atoms with E-state index in [1.54, 1.807) is 0 Å². The van der Waals surface area contributed by atoms with E-state index in [1.165, 1.54) is 35.2 Å². The van der Waals surface area contributed by atoms with Crippen molar-refractivity contribution < 1.29 is 0 Å². The lowest BCUT2D eigenvalue weighted by molar-refractivity contribution is 0.288. The highest BCUT2D eigenvalue weighted by atomic mass is 15.5. The topological polar surface area (TPSA) is 18.8 Å². The third kappa shape index (κ3) is 2.05. The van der Waals surface area contributed by atoms with Crippen molar-refractivity contribution in [2.45, 2.75) is 44.7 Å². The van der Waals surface area contributed by atoms with E-state index in [4.69, 9.17) is 0 Å². The van der Waals surface area contributed by atoms with Crippen LogP contribution in [-0.2, 0) is 6.42 Å². The van der Waals surface area contributed by atoms with Gasteiger partial charge in [-0.15, -0.1) is 0 Å². The van der Waals surface area contributed by atoms with E-state index in [0.717, 1.165) is 0 Å². The zero-order valence-corrected chi connectivity index (χ0v) is 13.2. The number of nitrogens with zero attached hydrogens (tertiary/aromatic N) is 3. The van der Waals surface area contributed by atoms with Crippen LogP contribution in [0.15, 0.2) is 23.3 Å². The molecule has 0 saturated carbocycles. The molecule has 1 heterocycles. The standard InChI is InChI=1S/C17H25N3/c1-11-17(12(2)20(5)18-11)14-7-6-13-8-9-16(19(3)4)15(13)10-14/h6-7,10,12,16-17H,8-9H2,1-5H3/t12?,16-,17?/m1/s1. The van der Waals surface area contributed by atoms with E-state index < -0.39 is 0 Å².